The van der Waals surface area contributed by atoms with Gasteiger partial charge in [0.15, 0.2) is 5.82 Å². The third-order valence-electron chi connectivity index (χ3n) is 2.64. The standard InChI is InChI=1S/C12H10N4OS/c1-18-11-6-9-8(7-14-11)12(17)15-16(9)10-4-2-3-5-13-10/h2-7H,1H3,(H,15,17). The number of aromatic amines is 1. The molecule has 0 fully saturated rings. The number of nitrogens with zero attached hydrogens (tertiary/aromatic N) is 3. The van der Waals surface area contributed by atoms with E-state index in [2.05, 4.69) is 15.1 Å². The molecule has 0 unspecified atom stereocenters. The summed E-state index contributed by atoms with van der Waals surface area (Å²) in [6, 6.07) is 7.44. The number of pyridine rings is 2. The van der Waals surface area contributed by atoms with Crippen LogP contribution in [0.2, 0.25) is 0 Å². The zero-order valence-corrected chi connectivity index (χ0v) is 10.4. The number of thioether (sulfide) groups is 1. The fourth-order valence-electron chi connectivity index (χ4n) is 1.79. The summed E-state index contributed by atoms with van der Waals surface area (Å²) in [6.07, 6.45) is 5.24. The lowest BCUT2D eigenvalue weighted by molar-refractivity contribution is 0.857. The Morgan fingerprint density at radius 2 is 2.22 bits per heavy atom. The monoisotopic (exact) mass is 258 g/mol. The minimum absolute atomic E-state index is 0.157. The minimum atomic E-state index is -0.157. The Bertz CT molecular complexity index is 748. The molecule has 5 nitrogen and oxygen atoms in total. The molecule has 0 aliphatic heterocycles. The van der Waals surface area contributed by atoms with E-state index in [1.807, 2.05) is 30.5 Å². The number of fused-ring (bicyclic) bond motifs is 1. The summed E-state index contributed by atoms with van der Waals surface area (Å²) in [7, 11) is 0. The van der Waals surface area contributed by atoms with Crippen molar-refractivity contribution >= 4 is 22.7 Å². The second-order valence-electron chi connectivity index (χ2n) is 3.71. The fraction of sp³-hybridized carbons (Fsp3) is 0.0833. The minimum Gasteiger partial charge on any atom is -0.267 e. The highest BCUT2D eigenvalue weighted by Crippen LogP contribution is 2.18. The van der Waals surface area contributed by atoms with Gasteiger partial charge in [-0.2, -0.15) is 0 Å². The quantitative estimate of drug-likeness (QED) is 0.712. The van der Waals surface area contributed by atoms with Crippen molar-refractivity contribution in [2.75, 3.05) is 6.26 Å². The predicted molar refractivity (Wildman–Crippen MR) is 71.3 cm³/mol. The van der Waals surface area contributed by atoms with Gasteiger partial charge in [-0.1, -0.05) is 6.07 Å². The SMILES string of the molecule is CSc1cc2c(cn1)c(=O)[nH]n2-c1ccccn1. The van der Waals surface area contributed by atoms with E-state index >= 15 is 0 Å². The predicted octanol–water partition coefficient (Wildman–Crippen LogP) is 1.83. The zero-order chi connectivity index (χ0) is 12.5. The Morgan fingerprint density at radius 3 is 2.94 bits per heavy atom. The lowest BCUT2D eigenvalue weighted by Crippen LogP contribution is -2.04. The Kier molecular flexibility index (Phi) is 2.64. The number of nitrogens with one attached hydrogen (secondary N) is 1. The van der Waals surface area contributed by atoms with Gasteiger partial charge in [0.05, 0.1) is 15.9 Å². The lowest BCUT2D eigenvalue weighted by Gasteiger charge is -2.03. The normalized spacial score (nSPS) is 10.9. The molecule has 18 heavy (non-hydrogen) atoms. The Morgan fingerprint density at radius 1 is 1.33 bits per heavy atom. The first-order chi connectivity index (χ1) is 8.79. The zero-order valence-electron chi connectivity index (χ0n) is 9.62. The first-order valence-electron chi connectivity index (χ1n) is 5.36. The fourth-order valence-corrected chi connectivity index (χ4v) is 2.17. The van der Waals surface area contributed by atoms with Gasteiger partial charge in [-0.25, -0.2) is 14.6 Å². The summed E-state index contributed by atoms with van der Waals surface area (Å²) in [5.74, 6) is 0.683. The van der Waals surface area contributed by atoms with E-state index in [4.69, 9.17) is 0 Å². The van der Waals surface area contributed by atoms with Crippen LogP contribution in [0, 0.1) is 0 Å². The maximum Gasteiger partial charge on any atom is 0.273 e. The van der Waals surface area contributed by atoms with E-state index < -0.39 is 0 Å². The molecule has 0 aliphatic rings. The third-order valence-corrected chi connectivity index (χ3v) is 3.28. The van der Waals surface area contributed by atoms with Crippen molar-refractivity contribution in [2.45, 2.75) is 5.03 Å². The molecule has 3 aromatic heterocycles. The van der Waals surface area contributed by atoms with Crippen molar-refractivity contribution in [3.63, 3.8) is 0 Å². The number of aromatic nitrogens is 4. The maximum absolute atomic E-state index is 11.8. The van der Waals surface area contributed by atoms with Gasteiger partial charge in [0.2, 0.25) is 0 Å². The highest BCUT2D eigenvalue weighted by atomic mass is 32.2. The van der Waals surface area contributed by atoms with Crippen LogP contribution in [0.15, 0.2) is 46.5 Å². The Balaban J connectivity index is 2.33. The summed E-state index contributed by atoms with van der Waals surface area (Å²) in [6.45, 7) is 0. The van der Waals surface area contributed by atoms with Gasteiger partial charge in [0, 0.05) is 12.4 Å². The van der Waals surface area contributed by atoms with Crippen LogP contribution in [0.4, 0.5) is 0 Å². The molecule has 0 amide bonds. The van der Waals surface area contributed by atoms with E-state index in [1.54, 1.807) is 17.1 Å². The van der Waals surface area contributed by atoms with E-state index in [1.165, 1.54) is 11.8 Å². The van der Waals surface area contributed by atoms with Crippen LogP contribution in [0.25, 0.3) is 16.7 Å². The van der Waals surface area contributed by atoms with Crippen LogP contribution in [0.1, 0.15) is 0 Å². The highest BCUT2D eigenvalue weighted by Gasteiger charge is 2.09. The summed E-state index contributed by atoms with van der Waals surface area (Å²) < 4.78 is 1.68. The molecule has 0 spiro atoms. The molecule has 6 heteroatoms. The Hall–Kier alpha value is -2.08. The van der Waals surface area contributed by atoms with Gasteiger partial charge in [0.1, 0.15) is 0 Å². The third kappa shape index (κ3) is 1.70. The van der Waals surface area contributed by atoms with E-state index in [0.29, 0.717) is 11.2 Å². The molecule has 3 aromatic rings. The van der Waals surface area contributed by atoms with Crippen LogP contribution in [0.5, 0.6) is 0 Å². The van der Waals surface area contributed by atoms with Crippen molar-refractivity contribution in [3.05, 3.63) is 47.0 Å². The van der Waals surface area contributed by atoms with Crippen LogP contribution < -0.4 is 5.56 Å². The summed E-state index contributed by atoms with van der Waals surface area (Å²) >= 11 is 1.54. The molecule has 0 saturated carbocycles. The smallest absolute Gasteiger partial charge is 0.267 e. The Labute approximate surface area is 107 Å². The summed E-state index contributed by atoms with van der Waals surface area (Å²) in [5, 5.41) is 4.20. The van der Waals surface area contributed by atoms with E-state index in [-0.39, 0.29) is 5.56 Å². The van der Waals surface area contributed by atoms with Gasteiger partial charge in [-0.15, -0.1) is 11.8 Å². The number of H-pyrrole nitrogens is 1. The second-order valence-corrected chi connectivity index (χ2v) is 4.53. The number of rotatable bonds is 2. The van der Waals surface area contributed by atoms with Crippen LogP contribution in [-0.2, 0) is 0 Å². The van der Waals surface area contributed by atoms with Gasteiger partial charge < -0.3 is 0 Å². The van der Waals surface area contributed by atoms with Crippen molar-refractivity contribution in [2.24, 2.45) is 0 Å². The van der Waals surface area contributed by atoms with Crippen LogP contribution in [-0.4, -0.2) is 26.0 Å². The average molecular weight is 258 g/mol. The van der Waals surface area contributed by atoms with Crippen molar-refractivity contribution < 1.29 is 0 Å². The highest BCUT2D eigenvalue weighted by molar-refractivity contribution is 7.98. The molecular weight excluding hydrogens is 248 g/mol. The largest absolute Gasteiger partial charge is 0.273 e. The molecule has 3 heterocycles. The molecule has 0 aliphatic carbocycles. The molecule has 90 valence electrons. The van der Waals surface area contributed by atoms with Crippen molar-refractivity contribution in [3.8, 4) is 5.82 Å². The van der Waals surface area contributed by atoms with Gasteiger partial charge in [-0.05, 0) is 24.5 Å². The molecule has 0 radical (unpaired) electrons. The van der Waals surface area contributed by atoms with Gasteiger partial charge in [-0.3, -0.25) is 9.89 Å². The number of hydrogen-bond donors (Lipinski definition) is 1. The van der Waals surface area contributed by atoms with E-state index in [9.17, 15) is 4.79 Å². The van der Waals surface area contributed by atoms with Gasteiger partial charge >= 0.3 is 0 Å². The van der Waals surface area contributed by atoms with Crippen molar-refractivity contribution in [1.29, 1.82) is 0 Å². The van der Waals surface area contributed by atoms with E-state index in [0.717, 1.165) is 10.5 Å². The molecular formula is C12H10N4OS. The first-order valence-corrected chi connectivity index (χ1v) is 6.58. The lowest BCUT2D eigenvalue weighted by atomic mass is 10.3. The number of hydrogen-bond acceptors (Lipinski definition) is 4. The van der Waals surface area contributed by atoms with Crippen LogP contribution >= 0.6 is 11.8 Å². The molecule has 3 rings (SSSR count). The topological polar surface area (TPSA) is 63.6 Å². The summed E-state index contributed by atoms with van der Waals surface area (Å²) in [4.78, 5) is 20.3. The molecule has 1 N–H and O–H groups in total. The average Bonchev–Trinajstić information content (AvgIpc) is 2.76. The second kappa shape index (κ2) is 4.30. The van der Waals surface area contributed by atoms with Gasteiger partial charge in [0.25, 0.3) is 5.56 Å². The molecule has 0 saturated heterocycles. The first kappa shape index (κ1) is 11.0. The summed E-state index contributed by atoms with van der Waals surface area (Å²) in [5.41, 5.74) is 0.633. The molecule has 0 atom stereocenters. The van der Waals surface area contributed by atoms with Crippen LogP contribution in [0.3, 0.4) is 0 Å². The maximum atomic E-state index is 11.8. The molecule has 0 aromatic carbocycles. The molecule has 0 bridgehead atoms. The van der Waals surface area contributed by atoms with Crippen molar-refractivity contribution in [1.82, 2.24) is 19.7 Å².